The van der Waals surface area contributed by atoms with E-state index < -0.39 is 5.54 Å². The highest BCUT2D eigenvalue weighted by Gasteiger charge is 2.75. The van der Waals surface area contributed by atoms with Crippen LogP contribution in [0.2, 0.25) is 0 Å². The van der Waals surface area contributed by atoms with Crippen LogP contribution >= 0.6 is 0 Å². The maximum absolute atomic E-state index is 6.76. The number of nitrogens with two attached hydrogens (primary N) is 1. The first-order valence-electron chi connectivity index (χ1n) is 11.9. The molecule has 5 rings (SSSR count). The van der Waals surface area contributed by atoms with E-state index in [1.807, 2.05) is 0 Å². The summed E-state index contributed by atoms with van der Waals surface area (Å²) in [6.07, 6.45) is 14.1. The quantitative estimate of drug-likeness (QED) is 0.642. The number of aliphatic imine (C=N–C) groups is 1. The van der Waals surface area contributed by atoms with Crippen molar-refractivity contribution in [3.63, 3.8) is 0 Å². The largest absolute Gasteiger partial charge is 0.486 e. The second kappa shape index (κ2) is 7.80. The van der Waals surface area contributed by atoms with Crippen LogP contribution in [0, 0.1) is 5.41 Å². The zero-order chi connectivity index (χ0) is 22.4. The van der Waals surface area contributed by atoms with Gasteiger partial charge in [-0.1, -0.05) is 49.3 Å². The number of unbranched alkanes of at least 4 members (excludes halogenated alkanes) is 1. The van der Waals surface area contributed by atoms with Gasteiger partial charge in [0.1, 0.15) is 23.5 Å². The van der Waals surface area contributed by atoms with Gasteiger partial charge in [0, 0.05) is 5.56 Å². The average molecular weight is 435 g/mol. The van der Waals surface area contributed by atoms with Crippen molar-refractivity contribution in [2.45, 2.75) is 64.0 Å². The molecular weight excluding hydrogens is 400 g/mol. The molecule has 3 heterocycles. The van der Waals surface area contributed by atoms with Crippen molar-refractivity contribution in [3.8, 4) is 5.75 Å². The fraction of sp³-hybridized carbons (Fsp3) is 0.519. The first-order chi connectivity index (χ1) is 15.5. The maximum Gasteiger partial charge on any atom is 0.283 e. The predicted octanol–water partition coefficient (Wildman–Crippen LogP) is 5.26. The fourth-order valence-electron chi connectivity index (χ4n) is 5.80. The number of hydrogen-bond acceptors (Lipinski definition) is 5. The molecular formula is C27H34N2O3. The van der Waals surface area contributed by atoms with E-state index in [9.17, 15) is 0 Å². The highest BCUT2D eigenvalue weighted by molar-refractivity contribution is 5.79. The lowest BCUT2D eigenvalue weighted by Crippen LogP contribution is -2.75. The second-order valence-corrected chi connectivity index (χ2v) is 9.82. The van der Waals surface area contributed by atoms with Crippen molar-refractivity contribution < 1.29 is 14.2 Å². The number of ether oxygens (including phenoxy) is 3. The Morgan fingerprint density at radius 1 is 1.16 bits per heavy atom. The van der Waals surface area contributed by atoms with Crippen LogP contribution in [-0.4, -0.2) is 31.4 Å². The molecule has 1 unspecified atom stereocenters. The molecule has 1 saturated carbocycles. The Labute approximate surface area is 191 Å². The lowest BCUT2D eigenvalue weighted by Gasteiger charge is -2.66. The van der Waals surface area contributed by atoms with Gasteiger partial charge in [-0.25, -0.2) is 4.99 Å². The topological polar surface area (TPSA) is 66.1 Å². The zero-order valence-corrected chi connectivity index (χ0v) is 19.4. The average Bonchev–Trinajstić information content (AvgIpc) is 3.10. The van der Waals surface area contributed by atoms with Gasteiger partial charge in [-0.3, -0.25) is 0 Å². The molecule has 3 aliphatic heterocycles. The van der Waals surface area contributed by atoms with E-state index in [1.54, 1.807) is 0 Å². The van der Waals surface area contributed by atoms with Crippen molar-refractivity contribution in [2.24, 2.45) is 16.1 Å². The molecule has 1 aromatic rings. The summed E-state index contributed by atoms with van der Waals surface area (Å²) in [6, 6.07) is 6.80. The summed E-state index contributed by atoms with van der Waals surface area (Å²) in [5.41, 5.74) is 9.80. The van der Waals surface area contributed by atoms with Crippen molar-refractivity contribution >= 4 is 11.6 Å². The number of allylic oxidation sites excluding steroid dienone is 6. The van der Waals surface area contributed by atoms with Crippen LogP contribution in [0.25, 0.3) is 5.57 Å². The number of fused-ring (bicyclic) bond motifs is 4. The minimum atomic E-state index is -0.559. The van der Waals surface area contributed by atoms with Crippen LogP contribution in [0.1, 0.15) is 64.0 Å². The standard InChI is InChI=1S/C27H34N2O3/c1-4-5-6-7-8-10-21(19(2)3)20-11-12-23-22(15-20)27(18-31-24(28)29-27)25(16-30-17-25)26(32-23)13-9-14-26/h6-8,10-12,15H,4-5,9,13-14,16-18H2,1-3H3,(H2,28,29). The van der Waals surface area contributed by atoms with Crippen LogP contribution in [0.3, 0.4) is 0 Å². The van der Waals surface area contributed by atoms with Gasteiger partial charge in [0.2, 0.25) is 0 Å². The summed E-state index contributed by atoms with van der Waals surface area (Å²) in [5, 5.41) is 0. The Kier molecular flexibility index (Phi) is 5.20. The zero-order valence-electron chi connectivity index (χ0n) is 19.4. The summed E-state index contributed by atoms with van der Waals surface area (Å²) in [4.78, 5) is 4.98. The third-order valence-corrected chi connectivity index (χ3v) is 7.80. The van der Waals surface area contributed by atoms with Crippen molar-refractivity contribution in [2.75, 3.05) is 19.8 Å². The molecule has 1 atom stereocenters. The van der Waals surface area contributed by atoms with Crippen molar-refractivity contribution in [3.05, 3.63) is 59.2 Å². The third kappa shape index (κ3) is 2.90. The molecule has 2 N–H and O–H groups in total. The summed E-state index contributed by atoms with van der Waals surface area (Å²) >= 11 is 0. The molecule has 4 aliphatic rings. The Hall–Kier alpha value is -2.53. The van der Waals surface area contributed by atoms with E-state index in [2.05, 4.69) is 63.3 Å². The van der Waals surface area contributed by atoms with Gasteiger partial charge >= 0.3 is 0 Å². The number of hydrogen-bond donors (Lipinski definition) is 1. The smallest absolute Gasteiger partial charge is 0.283 e. The first-order valence-corrected chi connectivity index (χ1v) is 11.9. The Morgan fingerprint density at radius 3 is 2.53 bits per heavy atom. The van der Waals surface area contributed by atoms with Gasteiger partial charge in [0.25, 0.3) is 6.02 Å². The second-order valence-electron chi connectivity index (χ2n) is 9.82. The number of amidine groups is 1. The van der Waals surface area contributed by atoms with Crippen LogP contribution in [0.5, 0.6) is 5.75 Å². The number of nitrogens with zero attached hydrogens (tertiary/aromatic N) is 1. The molecule has 2 fully saturated rings. The predicted molar refractivity (Wildman–Crippen MR) is 128 cm³/mol. The molecule has 0 aromatic heterocycles. The van der Waals surface area contributed by atoms with Crippen LogP contribution in [-0.2, 0) is 15.0 Å². The summed E-state index contributed by atoms with van der Waals surface area (Å²) in [6.45, 7) is 8.21. The SMILES string of the molecule is CCCC=CC=CC(=C(C)C)c1ccc2c(c1)C1(COC(N)=N1)C1(COC1)C1(CCC1)O2. The van der Waals surface area contributed by atoms with E-state index in [0.29, 0.717) is 19.8 Å². The Bertz CT molecular complexity index is 1020. The summed E-state index contributed by atoms with van der Waals surface area (Å²) < 4.78 is 18.4. The Morgan fingerprint density at radius 2 is 1.97 bits per heavy atom. The van der Waals surface area contributed by atoms with Gasteiger partial charge in [-0.15, -0.1) is 0 Å². The normalized spacial score (nSPS) is 26.5. The molecule has 5 nitrogen and oxygen atoms in total. The first kappa shape index (κ1) is 21.3. The van der Waals surface area contributed by atoms with Crippen LogP contribution in [0.15, 0.2) is 53.1 Å². The fourth-order valence-corrected chi connectivity index (χ4v) is 5.80. The lowest BCUT2D eigenvalue weighted by molar-refractivity contribution is -0.281. The van der Waals surface area contributed by atoms with Crippen molar-refractivity contribution in [1.82, 2.24) is 0 Å². The summed E-state index contributed by atoms with van der Waals surface area (Å²) in [5.74, 6) is 0.910. The third-order valence-electron chi connectivity index (χ3n) is 7.80. The minimum absolute atomic E-state index is 0.227. The van der Waals surface area contributed by atoms with E-state index >= 15 is 0 Å². The van der Waals surface area contributed by atoms with Crippen molar-refractivity contribution in [1.29, 1.82) is 0 Å². The maximum atomic E-state index is 6.76. The van der Waals surface area contributed by atoms with Crippen LogP contribution < -0.4 is 10.5 Å². The van der Waals surface area contributed by atoms with Gasteiger partial charge < -0.3 is 19.9 Å². The van der Waals surface area contributed by atoms with Gasteiger partial charge in [-0.2, -0.15) is 0 Å². The number of rotatable bonds is 5. The molecule has 0 radical (unpaired) electrons. The highest BCUT2D eigenvalue weighted by atomic mass is 16.5. The molecule has 0 amide bonds. The van der Waals surface area contributed by atoms with Gasteiger partial charge in [0.15, 0.2) is 0 Å². The summed E-state index contributed by atoms with van der Waals surface area (Å²) in [7, 11) is 0. The molecule has 32 heavy (non-hydrogen) atoms. The molecule has 1 aromatic carbocycles. The molecule has 0 bridgehead atoms. The van der Waals surface area contributed by atoms with E-state index in [4.69, 9.17) is 24.9 Å². The molecule has 1 saturated heterocycles. The van der Waals surface area contributed by atoms with E-state index in [-0.39, 0.29) is 17.0 Å². The Balaban J connectivity index is 1.61. The minimum Gasteiger partial charge on any atom is -0.486 e. The van der Waals surface area contributed by atoms with Gasteiger partial charge in [-0.05, 0) is 62.8 Å². The molecule has 1 aliphatic carbocycles. The van der Waals surface area contributed by atoms with Crippen LogP contribution in [0.4, 0.5) is 0 Å². The molecule has 170 valence electrons. The molecule has 3 spiro atoms. The highest BCUT2D eigenvalue weighted by Crippen LogP contribution is 2.67. The molecule has 5 heteroatoms. The lowest BCUT2D eigenvalue weighted by atomic mass is 9.49. The van der Waals surface area contributed by atoms with E-state index in [1.165, 1.54) is 17.6 Å². The monoisotopic (exact) mass is 434 g/mol. The van der Waals surface area contributed by atoms with Gasteiger partial charge in [0.05, 0.1) is 18.6 Å². The van der Waals surface area contributed by atoms with E-state index in [0.717, 1.165) is 42.6 Å². The number of benzene rings is 1.